The van der Waals surface area contributed by atoms with Gasteiger partial charge >= 0.3 is 11.9 Å². The smallest absolute Gasteiger partial charge is 0.322 e. The Morgan fingerprint density at radius 1 is 0.933 bits per heavy atom. The molecule has 1 fully saturated rings. The molecule has 0 radical (unpaired) electrons. The van der Waals surface area contributed by atoms with Crippen molar-refractivity contribution in [3.63, 3.8) is 0 Å². The molecule has 7 nitrogen and oxygen atoms in total. The van der Waals surface area contributed by atoms with E-state index in [2.05, 4.69) is 33.9 Å². The van der Waals surface area contributed by atoms with E-state index in [1.54, 1.807) is 11.5 Å². The van der Waals surface area contributed by atoms with Crippen LogP contribution in [0.4, 0.5) is 0 Å². The number of β-lactam (4-membered cyclic amide) rings is 1. The van der Waals surface area contributed by atoms with Gasteiger partial charge in [0.25, 0.3) is 0 Å². The second kappa shape index (κ2) is 7.74. The zero-order chi connectivity index (χ0) is 24.2. The number of carboxylic acid groups (broad SMARTS) is 2. The molecule has 0 saturated carbocycles. The molecular weight excluding hydrogens is 419 g/mol. The molecule has 1 amide bonds. The van der Waals surface area contributed by atoms with Crippen LogP contribution >= 0.6 is 0 Å². The van der Waals surface area contributed by atoms with Crippen LogP contribution in [0.5, 0.6) is 0 Å². The molecule has 0 spiro atoms. The van der Waals surface area contributed by atoms with Crippen LogP contribution in [-0.2, 0) is 18.8 Å². The Morgan fingerprint density at radius 2 is 1.33 bits per heavy atom. The zero-order valence-corrected chi connectivity index (χ0v) is 22.7. The lowest BCUT2D eigenvalue weighted by Crippen LogP contribution is -2.80. The van der Waals surface area contributed by atoms with Crippen molar-refractivity contribution >= 4 is 34.4 Å². The molecule has 174 valence electrons. The molecule has 1 aliphatic rings. The maximum atomic E-state index is 13.4. The molecular formula is C21H41NO6Si2. The predicted octanol–water partition coefficient (Wildman–Crippen LogP) is 4.40. The molecule has 30 heavy (non-hydrogen) atoms. The molecule has 0 aliphatic carbocycles. The first-order valence-corrected chi connectivity index (χ1v) is 16.4. The van der Waals surface area contributed by atoms with E-state index < -0.39 is 52.0 Å². The van der Waals surface area contributed by atoms with E-state index in [1.807, 2.05) is 33.9 Å². The van der Waals surface area contributed by atoms with Crippen LogP contribution in [-0.4, -0.2) is 61.3 Å². The molecule has 1 rings (SSSR count). The van der Waals surface area contributed by atoms with Crippen molar-refractivity contribution in [2.75, 3.05) is 0 Å². The molecule has 1 saturated heterocycles. The third kappa shape index (κ3) is 4.12. The minimum absolute atomic E-state index is 0.0917. The second-order valence-electron chi connectivity index (χ2n) is 11.9. The third-order valence-electron chi connectivity index (χ3n) is 7.85. The van der Waals surface area contributed by atoms with Gasteiger partial charge in [-0.3, -0.25) is 14.4 Å². The molecule has 0 aromatic carbocycles. The van der Waals surface area contributed by atoms with E-state index >= 15 is 0 Å². The minimum atomic E-state index is -2.52. The van der Waals surface area contributed by atoms with Gasteiger partial charge in [0, 0.05) is 0 Å². The van der Waals surface area contributed by atoms with E-state index in [-0.39, 0.29) is 16.0 Å². The highest BCUT2D eigenvalue weighted by Gasteiger charge is 2.68. The maximum absolute atomic E-state index is 13.4. The third-order valence-corrected chi connectivity index (χ3v) is 17.8. The summed E-state index contributed by atoms with van der Waals surface area (Å²) in [6, 6.07) is -0.958. The highest BCUT2D eigenvalue weighted by atomic mass is 28.4. The van der Waals surface area contributed by atoms with E-state index in [4.69, 9.17) is 4.43 Å². The molecule has 4 atom stereocenters. The fourth-order valence-corrected chi connectivity index (χ4v) is 7.60. The topological polar surface area (TPSA) is 104 Å². The van der Waals surface area contributed by atoms with Crippen LogP contribution in [0.15, 0.2) is 0 Å². The van der Waals surface area contributed by atoms with Crippen molar-refractivity contribution in [3.05, 3.63) is 0 Å². The number of nitrogens with zero attached hydrogens (tertiary/aromatic N) is 1. The van der Waals surface area contributed by atoms with E-state index in [9.17, 15) is 24.6 Å². The van der Waals surface area contributed by atoms with Gasteiger partial charge < -0.3 is 19.2 Å². The van der Waals surface area contributed by atoms with Crippen LogP contribution in [0, 0.1) is 11.3 Å². The van der Waals surface area contributed by atoms with Gasteiger partial charge in [-0.15, -0.1) is 0 Å². The number of aliphatic carboxylic acids is 2. The molecule has 2 N–H and O–H groups in total. The van der Waals surface area contributed by atoms with Crippen molar-refractivity contribution in [2.45, 2.75) is 104 Å². The van der Waals surface area contributed by atoms with Gasteiger partial charge in [0.1, 0.15) is 0 Å². The quantitative estimate of drug-likeness (QED) is 0.252. The molecule has 1 heterocycles. The second-order valence-corrected chi connectivity index (χ2v) is 21.7. The summed E-state index contributed by atoms with van der Waals surface area (Å²) in [5.41, 5.74) is -2.11. The van der Waals surface area contributed by atoms with Crippen LogP contribution in [0.25, 0.3) is 0 Å². The first-order valence-electron chi connectivity index (χ1n) is 10.5. The number of rotatable bonds is 7. The Balaban J connectivity index is 3.55. The zero-order valence-electron chi connectivity index (χ0n) is 20.7. The highest BCUT2D eigenvalue weighted by molar-refractivity contribution is 6.80. The van der Waals surface area contributed by atoms with Crippen molar-refractivity contribution in [1.29, 1.82) is 0 Å². The summed E-state index contributed by atoms with van der Waals surface area (Å²) < 4.78 is 8.05. The first kappa shape index (κ1) is 26.8. The normalized spacial score (nSPS) is 24.1. The molecule has 1 aliphatic heterocycles. The Hall–Kier alpha value is -1.20. The van der Waals surface area contributed by atoms with Crippen molar-refractivity contribution in [3.8, 4) is 0 Å². The average molecular weight is 461 g/mol. The molecule has 0 aromatic heterocycles. The standard InChI is InChI=1S/C21H41NO6Si2/c1-13(28-30(11,12)20(5,6)7)14-15(21(8,17(24)25)18(26)27)22(16(14)23)29(9,10)19(2,3)4/h13-15H,1-12H3,(H,24,25)(H,26,27)/t13-,14-,15+/m1/s1/i17+1/t13-,14-,15+,21?. The fraction of sp³-hybridized carbons (Fsp3) is 0.857. The van der Waals surface area contributed by atoms with Gasteiger partial charge in [0.2, 0.25) is 5.91 Å². The SMILES string of the molecule is C[C@@H](O[Si](C)(C)C(C)(C)C)[C@H]1C(=O)N([Si](C)(C)C(C)(C)C)[C@@H]1C(C)(C(=O)O)[13C](=O)O. The summed E-state index contributed by atoms with van der Waals surface area (Å²) in [6.45, 7) is 23.5. The number of carbonyl (C=O) groups is 3. The Kier molecular flexibility index (Phi) is 6.92. The fourth-order valence-electron chi connectivity index (χ4n) is 3.63. The van der Waals surface area contributed by atoms with Crippen LogP contribution in [0.2, 0.25) is 36.3 Å². The highest BCUT2D eigenvalue weighted by Crippen LogP contribution is 2.51. The number of carboxylic acids is 2. The number of hydrogen-bond donors (Lipinski definition) is 2. The van der Waals surface area contributed by atoms with Gasteiger partial charge in [-0.1, -0.05) is 54.6 Å². The van der Waals surface area contributed by atoms with Crippen molar-refractivity contribution < 1.29 is 29.0 Å². The predicted molar refractivity (Wildman–Crippen MR) is 122 cm³/mol. The summed E-state index contributed by atoms with van der Waals surface area (Å²) in [5.74, 6) is -3.85. The summed E-state index contributed by atoms with van der Waals surface area (Å²) in [6.07, 6.45) is -0.567. The Bertz CT molecular complexity index is 706. The van der Waals surface area contributed by atoms with Gasteiger partial charge in [0.15, 0.2) is 22.0 Å². The Morgan fingerprint density at radius 3 is 1.63 bits per heavy atom. The number of hydrogen-bond acceptors (Lipinski definition) is 4. The monoisotopic (exact) mass is 460 g/mol. The van der Waals surface area contributed by atoms with Crippen molar-refractivity contribution in [1.82, 2.24) is 4.57 Å². The number of carbonyl (C=O) groups excluding carboxylic acids is 1. The minimum Gasteiger partial charge on any atom is -0.480 e. The van der Waals surface area contributed by atoms with E-state index in [0.29, 0.717) is 0 Å². The van der Waals surface area contributed by atoms with E-state index in [1.165, 1.54) is 6.92 Å². The summed E-state index contributed by atoms with van der Waals surface area (Å²) >= 11 is 0. The van der Waals surface area contributed by atoms with Crippen LogP contribution < -0.4 is 0 Å². The van der Waals surface area contributed by atoms with Crippen LogP contribution in [0.1, 0.15) is 55.4 Å². The number of amides is 1. The van der Waals surface area contributed by atoms with Gasteiger partial charge in [-0.25, -0.2) is 0 Å². The maximum Gasteiger partial charge on any atom is 0.322 e. The largest absolute Gasteiger partial charge is 0.480 e. The molecule has 1 unspecified atom stereocenters. The molecule has 0 bridgehead atoms. The van der Waals surface area contributed by atoms with Crippen LogP contribution in [0.3, 0.4) is 0 Å². The molecule has 9 heteroatoms. The molecule has 0 aromatic rings. The van der Waals surface area contributed by atoms with E-state index in [0.717, 1.165) is 0 Å². The Labute approximate surface area is 183 Å². The average Bonchev–Trinajstić information content (AvgIpc) is 2.48. The lowest BCUT2D eigenvalue weighted by Gasteiger charge is -2.62. The first-order chi connectivity index (χ1) is 13.0. The summed E-state index contributed by atoms with van der Waals surface area (Å²) in [5, 5.41) is 19.5. The van der Waals surface area contributed by atoms with Crippen molar-refractivity contribution in [2.24, 2.45) is 11.3 Å². The summed E-state index contributed by atoms with van der Waals surface area (Å²) in [4.78, 5) is 37.9. The lowest BCUT2D eigenvalue weighted by molar-refractivity contribution is -0.183. The summed E-state index contributed by atoms with van der Waals surface area (Å²) in [7, 11) is -4.76. The van der Waals surface area contributed by atoms with Gasteiger partial charge in [-0.2, -0.15) is 0 Å². The van der Waals surface area contributed by atoms with Gasteiger partial charge in [-0.05, 0) is 37.0 Å². The van der Waals surface area contributed by atoms with Gasteiger partial charge in [0.05, 0.1) is 18.1 Å². The lowest BCUT2D eigenvalue weighted by atomic mass is 9.72.